The molecule has 0 bridgehead atoms. The number of thioether (sulfide) groups is 1. The van der Waals surface area contributed by atoms with Crippen molar-refractivity contribution in [3.05, 3.63) is 109 Å². The standard InChI is InChI=1S/C32H28BrN3O4S2/c1-32(2,3)19-11-9-18(10-12-19)24-25-26(29(39)36(28(25)38)22-15-13-20(33)14-16-22)41-30-27(24)42-31(40)35(30)17-23(37)34-21-7-5-4-6-8-21/h4-16,24-26H,17H2,1-3H3,(H,34,37)/t24-,25?,26?/m1/s1. The summed E-state index contributed by atoms with van der Waals surface area (Å²) in [5.41, 5.74) is 3.08. The van der Waals surface area contributed by atoms with Gasteiger partial charge in [0.25, 0.3) is 0 Å². The lowest BCUT2D eigenvalue weighted by Gasteiger charge is -2.31. The second kappa shape index (κ2) is 11.0. The number of nitrogens with one attached hydrogen (secondary N) is 1. The molecular weight excluding hydrogens is 634 g/mol. The van der Waals surface area contributed by atoms with Crippen LogP contribution in [0.25, 0.3) is 0 Å². The summed E-state index contributed by atoms with van der Waals surface area (Å²) >= 11 is 5.68. The van der Waals surface area contributed by atoms with Crippen LogP contribution in [0.5, 0.6) is 0 Å². The third kappa shape index (κ3) is 5.16. The number of amides is 3. The number of hydrogen-bond acceptors (Lipinski definition) is 6. The van der Waals surface area contributed by atoms with E-state index in [2.05, 4.69) is 42.0 Å². The molecule has 1 fully saturated rings. The first kappa shape index (κ1) is 28.6. The molecule has 0 saturated carbocycles. The van der Waals surface area contributed by atoms with Gasteiger partial charge in [0.1, 0.15) is 11.8 Å². The van der Waals surface area contributed by atoms with Gasteiger partial charge in [0.05, 0.1) is 16.6 Å². The van der Waals surface area contributed by atoms with Crippen molar-refractivity contribution < 1.29 is 14.4 Å². The van der Waals surface area contributed by atoms with Crippen LogP contribution >= 0.6 is 39.0 Å². The van der Waals surface area contributed by atoms with Gasteiger partial charge in [-0.05, 0) is 52.9 Å². The fraction of sp³-hybridized carbons (Fsp3) is 0.250. The number of fused-ring (bicyclic) bond motifs is 2. The van der Waals surface area contributed by atoms with Gasteiger partial charge in [0.15, 0.2) is 0 Å². The second-order valence-corrected chi connectivity index (χ2v) is 14.5. The summed E-state index contributed by atoms with van der Waals surface area (Å²) in [6.45, 7) is 6.21. The highest BCUT2D eigenvalue weighted by atomic mass is 79.9. The van der Waals surface area contributed by atoms with Gasteiger partial charge in [-0.25, -0.2) is 4.90 Å². The Balaban J connectivity index is 1.43. The van der Waals surface area contributed by atoms with E-state index in [1.54, 1.807) is 36.4 Å². The summed E-state index contributed by atoms with van der Waals surface area (Å²) in [5, 5.41) is 2.67. The zero-order valence-corrected chi connectivity index (χ0v) is 26.4. The van der Waals surface area contributed by atoms with E-state index < -0.39 is 17.1 Å². The first-order chi connectivity index (χ1) is 20.0. The summed E-state index contributed by atoms with van der Waals surface area (Å²) in [7, 11) is 0. The Hall–Kier alpha value is -3.47. The summed E-state index contributed by atoms with van der Waals surface area (Å²) < 4.78 is 2.28. The van der Waals surface area contributed by atoms with E-state index in [-0.39, 0.29) is 34.6 Å². The molecule has 4 aromatic rings. The van der Waals surface area contributed by atoms with Crippen LogP contribution in [-0.2, 0) is 26.3 Å². The highest BCUT2D eigenvalue weighted by Gasteiger charge is 2.56. The van der Waals surface area contributed by atoms with Crippen LogP contribution in [0.2, 0.25) is 0 Å². The largest absolute Gasteiger partial charge is 0.325 e. The molecule has 0 spiro atoms. The minimum absolute atomic E-state index is 0.0631. The summed E-state index contributed by atoms with van der Waals surface area (Å²) in [5.74, 6) is -2.15. The maximum Gasteiger partial charge on any atom is 0.308 e. The molecule has 3 aromatic carbocycles. The van der Waals surface area contributed by atoms with Gasteiger partial charge >= 0.3 is 4.87 Å². The molecule has 1 saturated heterocycles. The molecule has 2 aliphatic heterocycles. The van der Waals surface area contributed by atoms with Crippen molar-refractivity contribution in [2.75, 3.05) is 10.2 Å². The molecule has 0 aliphatic carbocycles. The average molecular weight is 663 g/mol. The van der Waals surface area contributed by atoms with Crippen molar-refractivity contribution in [2.45, 2.75) is 48.9 Å². The van der Waals surface area contributed by atoms with E-state index in [4.69, 9.17) is 0 Å². The van der Waals surface area contributed by atoms with Crippen LogP contribution < -0.4 is 15.1 Å². The molecule has 3 heterocycles. The number of anilines is 2. The lowest BCUT2D eigenvalue weighted by Crippen LogP contribution is -2.33. The Morgan fingerprint density at radius 2 is 1.57 bits per heavy atom. The van der Waals surface area contributed by atoms with Crippen molar-refractivity contribution in [2.24, 2.45) is 5.92 Å². The van der Waals surface area contributed by atoms with Gasteiger partial charge < -0.3 is 5.32 Å². The maximum absolute atomic E-state index is 14.1. The number of benzene rings is 3. The fourth-order valence-electron chi connectivity index (χ4n) is 5.52. The lowest BCUT2D eigenvalue weighted by atomic mass is 9.81. The van der Waals surface area contributed by atoms with E-state index in [9.17, 15) is 19.2 Å². The number of carbonyl (C=O) groups is 3. The average Bonchev–Trinajstić information content (AvgIpc) is 3.40. The number of imide groups is 1. The van der Waals surface area contributed by atoms with Gasteiger partial charge in [-0.3, -0.25) is 23.7 Å². The number of carbonyl (C=O) groups excluding carboxylic acids is 3. The van der Waals surface area contributed by atoms with Crippen LogP contribution in [-0.4, -0.2) is 27.5 Å². The monoisotopic (exact) mass is 661 g/mol. The number of rotatable bonds is 5. The molecule has 1 N–H and O–H groups in total. The number of thiazole rings is 1. The maximum atomic E-state index is 14.1. The zero-order chi connectivity index (χ0) is 29.8. The molecule has 6 rings (SSSR count). The van der Waals surface area contributed by atoms with E-state index in [0.29, 0.717) is 21.3 Å². The molecular formula is C32H28BrN3O4S2. The van der Waals surface area contributed by atoms with Crippen LogP contribution in [0.1, 0.15) is 42.7 Å². The third-order valence-electron chi connectivity index (χ3n) is 7.63. The summed E-state index contributed by atoms with van der Waals surface area (Å²) in [6.07, 6.45) is 0. The minimum Gasteiger partial charge on any atom is -0.325 e. The van der Waals surface area contributed by atoms with Gasteiger partial charge in [0.2, 0.25) is 17.7 Å². The van der Waals surface area contributed by atoms with Crippen LogP contribution in [0.4, 0.5) is 11.4 Å². The summed E-state index contributed by atoms with van der Waals surface area (Å²) in [6, 6.07) is 24.2. The number of nitrogens with zero attached hydrogens (tertiary/aromatic N) is 2. The number of halogens is 1. The molecule has 2 aliphatic rings. The van der Waals surface area contributed by atoms with Gasteiger partial charge in [-0.1, -0.05) is 102 Å². The van der Waals surface area contributed by atoms with Crippen LogP contribution in [0.3, 0.4) is 0 Å². The van der Waals surface area contributed by atoms with E-state index in [1.807, 2.05) is 42.5 Å². The predicted octanol–water partition coefficient (Wildman–Crippen LogP) is 6.40. The van der Waals surface area contributed by atoms with Gasteiger partial charge in [-0.15, -0.1) is 0 Å². The van der Waals surface area contributed by atoms with Crippen molar-refractivity contribution in [1.82, 2.24) is 4.57 Å². The zero-order valence-electron chi connectivity index (χ0n) is 23.2. The van der Waals surface area contributed by atoms with Crippen molar-refractivity contribution in [3.63, 3.8) is 0 Å². The quantitative estimate of drug-likeness (QED) is 0.250. The Labute approximate surface area is 260 Å². The van der Waals surface area contributed by atoms with Crippen molar-refractivity contribution in [3.8, 4) is 0 Å². The first-order valence-corrected chi connectivity index (χ1v) is 16.0. The lowest BCUT2D eigenvalue weighted by molar-refractivity contribution is -0.122. The molecule has 1 aromatic heterocycles. The molecule has 2 unspecified atom stereocenters. The smallest absolute Gasteiger partial charge is 0.308 e. The Morgan fingerprint density at radius 3 is 2.21 bits per heavy atom. The number of hydrogen-bond donors (Lipinski definition) is 1. The molecule has 10 heteroatoms. The second-order valence-electron chi connectivity index (χ2n) is 11.4. The molecule has 42 heavy (non-hydrogen) atoms. The van der Waals surface area contributed by atoms with E-state index in [1.165, 1.54) is 21.2 Å². The third-order valence-corrected chi connectivity index (χ3v) is 10.8. The predicted molar refractivity (Wildman–Crippen MR) is 170 cm³/mol. The molecule has 214 valence electrons. The van der Waals surface area contributed by atoms with Gasteiger partial charge in [0, 0.05) is 21.0 Å². The van der Waals surface area contributed by atoms with E-state index in [0.717, 1.165) is 26.9 Å². The molecule has 0 radical (unpaired) electrons. The molecule has 3 amide bonds. The number of para-hydroxylation sites is 1. The normalized spacial score (nSPS) is 19.9. The van der Waals surface area contributed by atoms with E-state index >= 15 is 0 Å². The van der Waals surface area contributed by atoms with Crippen LogP contribution in [0, 0.1) is 5.92 Å². The first-order valence-electron chi connectivity index (χ1n) is 13.5. The minimum atomic E-state index is -0.738. The van der Waals surface area contributed by atoms with Crippen LogP contribution in [0.15, 0.2) is 93.2 Å². The highest BCUT2D eigenvalue weighted by molar-refractivity contribution is 9.10. The molecule has 3 atom stereocenters. The van der Waals surface area contributed by atoms with Crippen molar-refractivity contribution >= 4 is 68.1 Å². The van der Waals surface area contributed by atoms with Gasteiger partial charge in [-0.2, -0.15) is 0 Å². The fourth-order valence-corrected chi connectivity index (χ4v) is 8.55. The highest BCUT2D eigenvalue weighted by Crippen LogP contribution is 2.54. The topological polar surface area (TPSA) is 88.5 Å². The SMILES string of the molecule is CC(C)(C)c1ccc([C@H]2c3sc(=O)n(CC(=O)Nc4ccccc4)c3SC3C(=O)N(c4ccc(Br)cc4)C(=O)C32)cc1. The van der Waals surface area contributed by atoms with Crippen molar-refractivity contribution in [1.29, 1.82) is 0 Å². The number of aromatic nitrogens is 1. The molecule has 7 nitrogen and oxygen atoms in total. The summed E-state index contributed by atoms with van der Waals surface area (Å²) in [4.78, 5) is 56.0. The Bertz CT molecular complexity index is 1740. The Morgan fingerprint density at radius 1 is 0.905 bits per heavy atom. The Kier molecular flexibility index (Phi) is 7.49.